The standard InChI is InChI=1S/C22H25N3O/c1-15-12-13-18-19(14-15)24-21(23-18)20(16-8-4-2-5-9-16)25-22(26)17-10-6-3-7-11-17/h2,4-5,8-9,12-14,17,20H,3,6-7,10-11H2,1H3,(H,23,24)(H,25,26). The molecular formula is C22H25N3O. The Balaban J connectivity index is 1.67. The number of aromatic nitrogens is 2. The third kappa shape index (κ3) is 3.50. The first kappa shape index (κ1) is 16.8. The van der Waals surface area contributed by atoms with E-state index in [4.69, 9.17) is 4.98 Å². The number of aryl methyl sites for hydroxylation is 1. The summed E-state index contributed by atoms with van der Waals surface area (Å²) in [6.07, 6.45) is 5.53. The summed E-state index contributed by atoms with van der Waals surface area (Å²) in [7, 11) is 0. The van der Waals surface area contributed by atoms with Crippen LogP contribution >= 0.6 is 0 Å². The summed E-state index contributed by atoms with van der Waals surface area (Å²) in [5.74, 6) is 1.07. The Morgan fingerprint density at radius 2 is 1.88 bits per heavy atom. The summed E-state index contributed by atoms with van der Waals surface area (Å²) < 4.78 is 0. The van der Waals surface area contributed by atoms with Gasteiger partial charge in [-0.05, 0) is 43.0 Å². The SMILES string of the molecule is Cc1ccc2nc(C(NC(=O)C3CCCCC3)c3ccccc3)[nH]c2c1. The highest BCUT2D eigenvalue weighted by Gasteiger charge is 2.26. The van der Waals surface area contributed by atoms with E-state index in [0.29, 0.717) is 0 Å². The lowest BCUT2D eigenvalue weighted by molar-refractivity contribution is -0.126. The lowest BCUT2D eigenvalue weighted by Crippen LogP contribution is -2.35. The van der Waals surface area contributed by atoms with Crippen LogP contribution in [0.25, 0.3) is 11.0 Å². The van der Waals surface area contributed by atoms with Gasteiger partial charge in [0.2, 0.25) is 5.91 Å². The number of carbonyl (C=O) groups excluding carboxylic acids is 1. The molecular weight excluding hydrogens is 322 g/mol. The molecule has 1 amide bonds. The van der Waals surface area contributed by atoms with Crippen molar-refractivity contribution in [1.29, 1.82) is 0 Å². The van der Waals surface area contributed by atoms with Crippen LogP contribution in [-0.4, -0.2) is 15.9 Å². The van der Waals surface area contributed by atoms with Gasteiger partial charge in [-0.1, -0.05) is 55.7 Å². The highest BCUT2D eigenvalue weighted by atomic mass is 16.1. The minimum atomic E-state index is -0.252. The molecule has 0 spiro atoms. The molecule has 2 aromatic carbocycles. The van der Waals surface area contributed by atoms with Gasteiger partial charge in [0.15, 0.2) is 0 Å². The number of amides is 1. The van der Waals surface area contributed by atoms with Crippen LogP contribution < -0.4 is 5.32 Å². The van der Waals surface area contributed by atoms with Gasteiger partial charge in [0.05, 0.1) is 11.0 Å². The number of nitrogens with one attached hydrogen (secondary N) is 2. The van der Waals surface area contributed by atoms with Crippen LogP contribution in [0.15, 0.2) is 48.5 Å². The van der Waals surface area contributed by atoms with Crippen molar-refractivity contribution < 1.29 is 4.79 Å². The number of aromatic amines is 1. The van der Waals surface area contributed by atoms with E-state index in [1.165, 1.54) is 12.0 Å². The van der Waals surface area contributed by atoms with Gasteiger partial charge in [-0.3, -0.25) is 4.79 Å². The highest BCUT2D eigenvalue weighted by molar-refractivity contribution is 5.80. The fourth-order valence-electron chi connectivity index (χ4n) is 3.86. The first-order valence-corrected chi connectivity index (χ1v) is 9.52. The third-order valence-corrected chi connectivity index (χ3v) is 5.32. The smallest absolute Gasteiger partial charge is 0.223 e. The first-order chi connectivity index (χ1) is 12.7. The van der Waals surface area contributed by atoms with Gasteiger partial charge in [-0.15, -0.1) is 0 Å². The fraction of sp³-hybridized carbons (Fsp3) is 0.364. The molecule has 4 heteroatoms. The largest absolute Gasteiger partial charge is 0.342 e. The zero-order valence-corrected chi connectivity index (χ0v) is 15.2. The van der Waals surface area contributed by atoms with E-state index in [9.17, 15) is 4.79 Å². The quantitative estimate of drug-likeness (QED) is 0.721. The summed E-state index contributed by atoms with van der Waals surface area (Å²) in [5.41, 5.74) is 4.17. The number of hydrogen-bond acceptors (Lipinski definition) is 2. The van der Waals surface area contributed by atoms with Crippen LogP contribution in [0, 0.1) is 12.8 Å². The number of nitrogens with zero attached hydrogens (tertiary/aromatic N) is 1. The summed E-state index contributed by atoms with van der Waals surface area (Å²) in [4.78, 5) is 21.0. The predicted octanol–water partition coefficient (Wildman–Crippen LogP) is 4.66. The minimum absolute atomic E-state index is 0.126. The maximum Gasteiger partial charge on any atom is 0.223 e. The molecule has 1 fully saturated rings. The molecule has 1 atom stereocenters. The van der Waals surface area contributed by atoms with Crippen LogP contribution in [0.4, 0.5) is 0 Å². The topological polar surface area (TPSA) is 57.8 Å². The van der Waals surface area contributed by atoms with E-state index < -0.39 is 0 Å². The fourth-order valence-corrected chi connectivity index (χ4v) is 3.86. The monoisotopic (exact) mass is 347 g/mol. The molecule has 0 bridgehead atoms. The van der Waals surface area contributed by atoms with Crippen molar-refractivity contribution in [1.82, 2.24) is 15.3 Å². The van der Waals surface area contributed by atoms with Gasteiger partial charge in [0, 0.05) is 5.92 Å². The first-order valence-electron chi connectivity index (χ1n) is 9.52. The average Bonchev–Trinajstić information content (AvgIpc) is 3.10. The summed E-state index contributed by atoms with van der Waals surface area (Å²) in [5, 5.41) is 3.26. The van der Waals surface area contributed by atoms with Gasteiger partial charge in [-0.25, -0.2) is 4.98 Å². The molecule has 1 aromatic heterocycles. The molecule has 1 unspecified atom stereocenters. The minimum Gasteiger partial charge on any atom is -0.342 e. The molecule has 1 saturated carbocycles. The summed E-state index contributed by atoms with van der Waals surface area (Å²) in [6, 6.07) is 16.0. The number of hydrogen-bond donors (Lipinski definition) is 2. The van der Waals surface area contributed by atoms with Crippen LogP contribution in [0.5, 0.6) is 0 Å². The van der Waals surface area contributed by atoms with Crippen molar-refractivity contribution in [2.75, 3.05) is 0 Å². The third-order valence-electron chi connectivity index (χ3n) is 5.32. The molecule has 0 aliphatic heterocycles. The van der Waals surface area contributed by atoms with Crippen molar-refractivity contribution in [3.8, 4) is 0 Å². The Hall–Kier alpha value is -2.62. The molecule has 2 N–H and O–H groups in total. The summed E-state index contributed by atoms with van der Waals surface area (Å²) >= 11 is 0. The van der Waals surface area contributed by atoms with E-state index in [1.807, 2.05) is 36.4 Å². The molecule has 1 aliphatic carbocycles. The van der Waals surface area contributed by atoms with Crippen LogP contribution in [0.1, 0.15) is 55.1 Å². The van der Waals surface area contributed by atoms with E-state index >= 15 is 0 Å². The van der Waals surface area contributed by atoms with E-state index in [2.05, 4.69) is 29.4 Å². The van der Waals surface area contributed by atoms with Gasteiger partial charge in [0.1, 0.15) is 11.9 Å². The van der Waals surface area contributed by atoms with Crippen molar-refractivity contribution in [3.63, 3.8) is 0 Å². The van der Waals surface area contributed by atoms with Crippen molar-refractivity contribution in [2.45, 2.75) is 45.1 Å². The number of benzene rings is 2. The Bertz CT molecular complexity index is 894. The Morgan fingerprint density at radius 3 is 2.65 bits per heavy atom. The molecule has 0 saturated heterocycles. The second kappa shape index (κ2) is 7.32. The van der Waals surface area contributed by atoms with Crippen molar-refractivity contribution >= 4 is 16.9 Å². The number of imidazole rings is 1. The number of carbonyl (C=O) groups is 1. The number of H-pyrrole nitrogens is 1. The zero-order valence-electron chi connectivity index (χ0n) is 15.2. The molecule has 0 radical (unpaired) electrons. The lowest BCUT2D eigenvalue weighted by Gasteiger charge is -2.24. The van der Waals surface area contributed by atoms with Crippen LogP contribution in [0.3, 0.4) is 0 Å². The lowest BCUT2D eigenvalue weighted by atomic mass is 9.88. The van der Waals surface area contributed by atoms with Crippen LogP contribution in [-0.2, 0) is 4.79 Å². The second-order valence-corrected chi connectivity index (χ2v) is 7.33. The molecule has 134 valence electrons. The van der Waals surface area contributed by atoms with Crippen LogP contribution in [0.2, 0.25) is 0 Å². The number of fused-ring (bicyclic) bond motifs is 1. The molecule has 1 aliphatic rings. The maximum absolute atomic E-state index is 12.9. The normalized spacial score (nSPS) is 16.5. The molecule has 4 nitrogen and oxygen atoms in total. The highest BCUT2D eigenvalue weighted by Crippen LogP contribution is 2.27. The Labute approximate surface area is 154 Å². The maximum atomic E-state index is 12.9. The number of rotatable bonds is 4. The molecule has 26 heavy (non-hydrogen) atoms. The van der Waals surface area contributed by atoms with Gasteiger partial charge < -0.3 is 10.3 Å². The molecule has 1 heterocycles. The summed E-state index contributed by atoms with van der Waals surface area (Å²) in [6.45, 7) is 2.07. The van der Waals surface area contributed by atoms with Gasteiger partial charge in [-0.2, -0.15) is 0 Å². The Morgan fingerprint density at radius 1 is 1.12 bits per heavy atom. The van der Waals surface area contributed by atoms with Gasteiger partial charge in [0.25, 0.3) is 0 Å². The average molecular weight is 347 g/mol. The Kier molecular flexibility index (Phi) is 4.74. The molecule has 3 aromatic rings. The predicted molar refractivity (Wildman–Crippen MR) is 104 cm³/mol. The van der Waals surface area contributed by atoms with Crippen molar-refractivity contribution in [2.24, 2.45) is 5.92 Å². The molecule has 4 rings (SSSR count). The van der Waals surface area contributed by atoms with E-state index in [1.54, 1.807) is 0 Å². The van der Waals surface area contributed by atoms with E-state index in [-0.39, 0.29) is 17.9 Å². The second-order valence-electron chi connectivity index (χ2n) is 7.33. The van der Waals surface area contributed by atoms with Crippen molar-refractivity contribution in [3.05, 3.63) is 65.5 Å². The van der Waals surface area contributed by atoms with E-state index in [0.717, 1.165) is 48.1 Å². The zero-order chi connectivity index (χ0) is 17.9. The van der Waals surface area contributed by atoms with Gasteiger partial charge >= 0.3 is 0 Å².